The number of rotatable bonds is 7. The summed E-state index contributed by atoms with van der Waals surface area (Å²) in [5, 5.41) is 7.83. The predicted octanol–water partition coefficient (Wildman–Crippen LogP) is 4.02. The second kappa shape index (κ2) is 10.0. The van der Waals surface area contributed by atoms with Gasteiger partial charge in [0.05, 0.1) is 11.8 Å². The SMILES string of the molecule is Cc1ccc(C(=O)NCCNC(=O)c2ccc(C(F)(F)F)cc2)cc1NC(=O)c1ccco1. The Balaban J connectivity index is 1.50. The van der Waals surface area contributed by atoms with E-state index in [0.717, 1.165) is 29.8 Å². The maximum absolute atomic E-state index is 12.6. The number of hydrogen-bond donors (Lipinski definition) is 3. The number of aryl methyl sites for hydroxylation is 1. The fraction of sp³-hybridized carbons (Fsp3) is 0.174. The molecule has 0 aliphatic carbocycles. The average Bonchev–Trinajstić information content (AvgIpc) is 3.32. The summed E-state index contributed by atoms with van der Waals surface area (Å²) in [6.45, 7) is 1.93. The molecule has 3 rings (SSSR count). The van der Waals surface area contributed by atoms with E-state index in [2.05, 4.69) is 16.0 Å². The minimum atomic E-state index is -4.48. The Hall–Kier alpha value is -4.08. The number of nitrogens with one attached hydrogen (secondary N) is 3. The second-order valence-electron chi connectivity index (χ2n) is 7.05. The number of carbonyl (C=O) groups excluding carboxylic acids is 3. The zero-order valence-electron chi connectivity index (χ0n) is 17.5. The van der Waals surface area contributed by atoms with Crippen LogP contribution in [0.4, 0.5) is 18.9 Å². The molecule has 0 saturated heterocycles. The summed E-state index contributed by atoms with van der Waals surface area (Å²) in [6, 6.07) is 11.7. The van der Waals surface area contributed by atoms with Gasteiger partial charge in [-0.2, -0.15) is 13.2 Å². The highest BCUT2D eigenvalue weighted by atomic mass is 19.4. The maximum Gasteiger partial charge on any atom is 0.416 e. The van der Waals surface area contributed by atoms with E-state index < -0.39 is 29.5 Å². The summed E-state index contributed by atoms with van der Waals surface area (Å²) in [5.41, 5.74) is 0.716. The molecule has 1 aromatic heterocycles. The van der Waals surface area contributed by atoms with E-state index in [1.54, 1.807) is 25.1 Å². The predicted molar refractivity (Wildman–Crippen MR) is 114 cm³/mol. The molecule has 0 spiro atoms. The third kappa shape index (κ3) is 6.22. The van der Waals surface area contributed by atoms with Crippen LogP contribution in [0.25, 0.3) is 0 Å². The molecule has 0 saturated carbocycles. The number of alkyl halides is 3. The quantitative estimate of drug-likeness (QED) is 0.465. The third-order valence-corrected chi connectivity index (χ3v) is 4.66. The van der Waals surface area contributed by atoms with Crippen LogP contribution >= 0.6 is 0 Å². The van der Waals surface area contributed by atoms with Gasteiger partial charge in [0.15, 0.2) is 5.76 Å². The third-order valence-electron chi connectivity index (χ3n) is 4.66. The minimum Gasteiger partial charge on any atom is -0.459 e. The van der Waals surface area contributed by atoms with Crippen LogP contribution in [0.2, 0.25) is 0 Å². The smallest absolute Gasteiger partial charge is 0.416 e. The first-order chi connectivity index (χ1) is 15.6. The monoisotopic (exact) mass is 459 g/mol. The molecule has 33 heavy (non-hydrogen) atoms. The van der Waals surface area contributed by atoms with Crippen molar-refractivity contribution in [3.63, 3.8) is 0 Å². The topological polar surface area (TPSA) is 100 Å². The molecule has 0 aliphatic heterocycles. The van der Waals surface area contributed by atoms with Gasteiger partial charge in [0.2, 0.25) is 0 Å². The Morgan fingerprint density at radius 3 is 2.03 bits per heavy atom. The summed E-state index contributed by atoms with van der Waals surface area (Å²) in [4.78, 5) is 36.6. The molecular weight excluding hydrogens is 439 g/mol. The first-order valence-electron chi connectivity index (χ1n) is 9.84. The van der Waals surface area contributed by atoms with Gasteiger partial charge in [-0.1, -0.05) is 6.07 Å². The first-order valence-corrected chi connectivity index (χ1v) is 9.84. The zero-order chi connectivity index (χ0) is 24.0. The van der Waals surface area contributed by atoms with Crippen LogP contribution in [-0.4, -0.2) is 30.8 Å². The van der Waals surface area contributed by atoms with Crippen molar-refractivity contribution in [2.75, 3.05) is 18.4 Å². The Labute approximate surface area is 187 Å². The van der Waals surface area contributed by atoms with Crippen molar-refractivity contribution >= 4 is 23.4 Å². The number of benzene rings is 2. The van der Waals surface area contributed by atoms with Crippen LogP contribution in [0.15, 0.2) is 65.3 Å². The molecule has 0 aliphatic rings. The van der Waals surface area contributed by atoms with Crippen LogP contribution in [0.1, 0.15) is 42.4 Å². The molecule has 0 atom stereocenters. The molecule has 3 aromatic rings. The summed E-state index contributed by atoms with van der Waals surface area (Å²) >= 11 is 0. The normalized spacial score (nSPS) is 11.0. The van der Waals surface area contributed by atoms with Crippen LogP contribution in [0, 0.1) is 6.92 Å². The van der Waals surface area contributed by atoms with E-state index in [9.17, 15) is 27.6 Å². The van der Waals surface area contributed by atoms with Gasteiger partial charge in [-0.05, 0) is 61.0 Å². The lowest BCUT2D eigenvalue weighted by molar-refractivity contribution is -0.137. The highest BCUT2D eigenvalue weighted by Crippen LogP contribution is 2.29. The van der Waals surface area contributed by atoms with Gasteiger partial charge in [0, 0.05) is 29.9 Å². The Morgan fingerprint density at radius 2 is 1.45 bits per heavy atom. The van der Waals surface area contributed by atoms with Crippen molar-refractivity contribution in [2.45, 2.75) is 13.1 Å². The van der Waals surface area contributed by atoms with E-state index in [1.165, 1.54) is 18.4 Å². The van der Waals surface area contributed by atoms with E-state index in [0.29, 0.717) is 11.3 Å². The van der Waals surface area contributed by atoms with Crippen LogP contribution in [0.3, 0.4) is 0 Å². The zero-order valence-corrected chi connectivity index (χ0v) is 17.5. The van der Waals surface area contributed by atoms with E-state index in [-0.39, 0.29) is 24.4 Å². The van der Waals surface area contributed by atoms with Gasteiger partial charge in [0.25, 0.3) is 17.7 Å². The fourth-order valence-corrected chi connectivity index (χ4v) is 2.86. The lowest BCUT2D eigenvalue weighted by Crippen LogP contribution is -2.34. The minimum absolute atomic E-state index is 0.0690. The number of hydrogen-bond acceptors (Lipinski definition) is 4. The Kier molecular flexibility index (Phi) is 7.17. The molecule has 0 radical (unpaired) electrons. The summed E-state index contributed by atoms with van der Waals surface area (Å²) < 4.78 is 42.8. The number of halogens is 3. The second-order valence-corrected chi connectivity index (χ2v) is 7.05. The highest BCUT2D eigenvalue weighted by Gasteiger charge is 2.30. The van der Waals surface area contributed by atoms with Crippen molar-refractivity contribution in [1.29, 1.82) is 0 Å². The van der Waals surface area contributed by atoms with E-state index >= 15 is 0 Å². The lowest BCUT2D eigenvalue weighted by Gasteiger charge is -2.11. The molecule has 2 aromatic carbocycles. The van der Waals surface area contributed by atoms with Gasteiger partial charge >= 0.3 is 6.18 Å². The van der Waals surface area contributed by atoms with E-state index in [1.807, 2.05) is 0 Å². The average molecular weight is 459 g/mol. The van der Waals surface area contributed by atoms with Crippen LogP contribution in [0.5, 0.6) is 0 Å². The van der Waals surface area contributed by atoms with Crippen LogP contribution in [-0.2, 0) is 6.18 Å². The Morgan fingerprint density at radius 1 is 0.848 bits per heavy atom. The van der Waals surface area contributed by atoms with Gasteiger partial charge in [-0.15, -0.1) is 0 Å². The largest absolute Gasteiger partial charge is 0.459 e. The fourth-order valence-electron chi connectivity index (χ4n) is 2.86. The molecule has 3 amide bonds. The summed E-state index contributed by atoms with van der Waals surface area (Å²) in [6.07, 6.45) is -3.10. The van der Waals surface area contributed by atoms with Crippen molar-refractivity contribution in [2.24, 2.45) is 0 Å². The molecule has 0 unspecified atom stereocenters. The molecule has 0 fully saturated rings. The molecule has 10 heteroatoms. The van der Waals surface area contributed by atoms with Gasteiger partial charge in [-0.3, -0.25) is 14.4 Å². The molecule has 1 heterocycles. The summed E-state index contributed by atoms with van der Waals surface area (Å²) in [7, 11) is 0. The highest BCUT2D eigenvalue weighted by molar-refractivity contribution is 6.04. The number of amides is 3. The van der Waals surface area contributed by atoms with Crippen molar-refractivity contribution in [1.82, 2.24) is 10.6 Å². The molecule has 7 nitrogen and oxygen atoms in total. The maximum atomic E-state index is 12.6. The van der Waals surface area contributed by atoms with Crippen molar-refractivity contribution in [3.8, 4) is 0 Å². The Bertz CT molecular complexity index is 1140. The molecule has 3 N–H and O–H groups in total. The van der Waals surface area contributed by atoms with E-state index in [4.69, 9.17) is 4.42 Å². The first kappa shape index (κ1) is 23.6. The number of furan rings is 1. The van der Waals surface area contributed by atoms with Gasteiger partial charge in [0.1, 0.15) is 0 Å². The van der Waals surface area contributed by atoms with Crippen molar-refractivity contribution < 1.29 is 32.0 Å². The van der Waals surface area contributed by atoms with Gasteiger partial charge in [-0.25, -0.2) is 0 Å². The molecule has 172 valence electrons. The molecule has 0 bridgehead atoms. The number of anilines is 1. The number of carbonyl (C=O) groups is 3. The standard InChI is InChI=1S/C23H20F3N3O4/c1-14-4-5-16(13-18(14)29-22(32)19-3-2-12-33-19)21(31)28-11-10-27-20(30)15-6-8-17(9-7-15)23(24,25)26/h2-9,12-13H,10-11H2,1H3,(H,27,30)(H,28,31)(H,29,32). The lowest BCUT2D eigenvalue weighted by atomic mass is 10.1. The van der Waals surface area contributed by atoms with Crippen LogP contribution < -0.4 is 16.0 Å². The van der Waals surface area contributed by atoms with Crippen molar-refractivity contribution in [3.05, 3.63) is 88.9 Å². The van der Waals surface area contributed by atoms with Gasteiger partial charge < -0.3 is 20.4 Å². The molecular formula is C23H20F3N3O4. The summed E-state index contributed by atoms with van der Waals surface area (Å²) in [5.74, 6) is -1.30.